The lowest BCUT2D eigenvalue weighted by Crippen LogP contribution is -2.27. The van der Waals surface area contributed by atoms with Crippen LogP contribution < -0.4 is 0 Å². The second-order valence-electron chi connectivity index (χ2n) is 7.37. The van der Waals surface area contributed by atoms with Gasteiger partial charge in [0.05, 0.1) is 12.8 Å². The summed E-state index contributed by atoms with van der Waals surface area (Å²) in [5, 5.41) is 0. The molecule has 2 aliphatic rings. The SMILES string of the molecule is COC1=CC(c2ccc(C(=O)N3CCCC3)cc2)=N/C1=C\c1[nH]c(C)cc1C. The van der Waals surface area contributed by atoms with E-state index in [1.807, 2.05) is 48.2 Å². The van der Waals surface area contributed by atoms with Gasteiger partial charge in [-0.15, -0.1) is 0 Å². The Morgan fingerprint density at radius 3 is 2.50 bits per heavy atom. The first-order valence-electron chi connectivity index (χ1n) is 9.67. The largest absolute Gasteiger partial charge is 0.494 e. The monoisotopic (exact) mass is 375 g/mol. The molecule has 5 heteroatoms. The van der Waals surface area contributed by atoms with Gasteiger partial charge in [0.1, 0.15) is 11.5 Å². The predicted molar refractivity (Wildman–Crippen MR) is 111 cm³/mol. The lowest BCUT2D eigenvalue weighted by molar-refractivity contribution is 0.0793. The van der Waals surface area contributed by atoms with Crippen LogP contribution in [0.15, 0.2) is 52.9 Å². The van der Waals surface area contributed by atoms with Gasteiger partial charge in [0.2, 0.25) is 0 Å². The van der Waals surface area contributed by atoms with E-state index in [2.05, 4.69) is 18.0 Å². The van der Waals surface area contributed by atoms with Gasteiger partial charge < -0.3 is 14.6 Å². The molecule has 0 unspecified atom stereocenters. The average Bonchev–Trinajstić information content (AvgIpc) is 3.42. The fraction of sp³-hybridized carbons (Fsp3) is 0.304. The molecule has 0 bridgehead atoms. The normalized spacial score (nSPS) is 17.8. The van der Waals surface area contributed by atoms with Crippen LogP contribution in [0.5, 0.6) is 0 Å². The Morgan fingerprint density at radius 1 is 1.18 bits per heavy atom. The molecule has 2 aliphatic heterocycles. The van der Waals surface area contributed by atoms with Crippen molar-refractivity contribution in [3.8, 4) is 0 Å². The Kier molecular flexibility index (Phi) is 4.90. The van der Waals surface area contributed by atoms with Gasteiger partial charge in [-0.05, 0) is 56.5 Å². The zero-order valence-electron chi connectivity index (χ0n) is 16.6. The first-order chi connectivity index (χ1) is 13.5. The van der Waals surface area contributed by atoms with Gasteiger partial charge in [-0.25, -0.2) is 4.99 Å². The second kappa shape index (κ2) is 7.50. The van der Waals surface area contributed by atoms with Crippen molar-refractivity contribution >= 4 is 17.7 Å². The number of nitrogens with zero attached hydrogens (tertiary/aromatic N) is 2. The van der Waals surface area contributed by atoms with Crippen molar-refractivity contribution in [2.75, 3.05) is 20.2 Å². The summed E-state index contributed by atoms with van der Waals surface area (Å²) < 4.78 is 5.53. The van der Waals surface area contributed by atoms with Crippen LogP contribution in [0, 0.1) is 13.8 Å². The van der Waals surface area contributed by atoms with E-state index in [-0.39, 0.29) is 5.91 Å². The Labute approximate surface area is 165 Å². The third kappa shape index (κ3) is 3.52. The molecule has 2 aromatic rings. The van der Waals surface area contributed by atoms with E-state index < -0.39 is 0 Å². The van der Waals surface area contributed by atoms with Gasteiger partial charge in [0, 0.05) is 41.7 Å². The maximum Gasteiger partial charge on any atom is 0.253 e. The van der Waals surface area contributed by atoms with Crippen molar-refractivity contribution < 1.29 is 9.53 Å². The highest BCUT2D eigenvalue weighted by atomic mass is 16.5. The molecule has 1 aromatic carbocycles. The zero-order chi connectivity index (χ0) is 19.7. The molecular weight excluding hydrogens is 350 g/mol. The molecule has 1 aromatic heterocycles. The summed E-state index contributed by atoms with van der Waals surface area (Å²) in [6, 6.07) is 9.80. The molecule has 1 fully saturated rings. The van der Waals surface area contributed by atoms with Gasteiger partial charge in [-0.3, -0.25) is 4.79 Å². The number of benzene rings is 1. The number of methoxy groups -OCH3 is 1. The van der Waals surface area contributed by atoms with E-state index in [4.69, 9.17) is 9.73 Å². The maximum absolute atomic E-state index is 12.5. The lowest BCUT2D eigenvalue weighted by Gasteiger charge is -2.15. The van der Waals surface area contributed by atoms with Crippen LogP contribution in [0.25, 0.3) is 6.08 Å². The van der Waals surface area contributed by atoms with E-state index in [0.717, 1.165) is 65.6 Å². The highest BCUT2D eigenvalue weighted by Crippen LogP contribution is 2.26. The number of nitrogens with one attached hydrogen (secondary N) is 1. The Bertz CT molecular complexity index is 987. The maximum atomic E-state index is 12.5. The van der Waals surface area contributed by atoms with E-state index >= 15 is 0 Å². The van der Waals surface area contributed by atoms with Crippen LogP contribution in [0.4, 0.5) is 0 Å². The van der Waals surface area contributed by atoms with Crippen LogP contribution in [0.3, 0.4) is 0 Å². The first-order valence-corrected chi connectivity index (χ1v) is 9.67. The van der Waals surface area contributed by atoms with E-state index in [1.54, 1.807) is 7.11 Å². The average molecular weight is 375 g/mol. The zero-order valence-corrected chi connectivity index (χ0v) is 16.6. The lowest BCUT2D eigenvalue weighted by atomic mass is 10.1. The number of hydrogen-bond donors (Lipinski definition) is 1. The Morgan fingerprint density at radius 2 is 1.89 bits per heavy atom. The minimum atomic E-state index is 0.115. The number of allylic oxidation sites excluding steroid dienone is 1. The number of hydrogen-bond acceptors (Lipinski definition) is 3. The summed E-state index contributed by atoms with van der Waals surface area (Å²) >= 11 is 0. The number of amides is 1. The Balaban J connectivity index is 1.59. The van der Waals surface area contributed by atoms with Gasteiger partial charge in [0.25, 0.3) is 5.91 Å². The predicted octanol–water partition coefficient (Wildman–Crippen LogP) is 4.24. The standard InChI is InChI=1S/C23H25N3O2/c1-15-12-16(2)24-19(15)13-21-22(28-3)14-20(25-21)17-6-8-18(9-7-17)23(27)26-10-4-5-11-26/h6-9,12-14,24H,4-5,10-11H2,1-3H3/b21-13-. The molecular formula is C23H25N3O2. The molecule has 0 radical (unpaired) electrons. The smallest absolute Gasteiger partial charge is 0.253 e. The van der Waals surface area contributed by atoms with Crippen LogP contribution >= 0.6 is 0 Å². The van der Waals surface area contributed by atoms with Crippen molar-refractivity contribution in [2.24, 2.45) is 4.99 Å². The van der Waals surface area contributed by atoms with Crippen molar-refractivity contribution in [1.29, 1.82) is 0 Å². The van der Waals surface area contributed by atoms with E-state index in [9.17, 15) is 4.79 Å². The van der Waals surface area contributed by atoms with Gasteiger partial charge >= 0.3 is 0 Å². The van der Waals surface area contributed by atoms with Gasteiger partial charge in [-0.2, -0.15) is 0 Å². The van der Waals surface area contributed by atoms with E-state index in [1.165, 1.54) is 5.56 Å². The fourth-order valence-electron chi connectivity index (χ4n) is 3.75. The summed E-state index contributed by atoms with van der Waals surface area (Å²) in [7, 11) is 1.66. The number of aryl methyl sites for hydroxylation is 2. The van der Waals surface area contributed by atoms with Gasteiger partial charge in [-0.1, -0.05) is 12.1 Å². The molecule has 1 saturated heterocycles. The first kappa shape index (κ1) is 18.3. The minimum Gasteiger partial charge on any atom is -0.494 e. The fourth-order valence-corrected chi connectivity index (χ4v) is 3.75. The highest BCUT2D eigenvalue weighted by Gasteiger charge is 2.21. The number of carbonyl (C=O) groups is 1. The van der Waals surface area contributed by atoms with Crippen molar-refractivity contribution in [1.82, 2.24) is 9.88 Å². The number of rotatable bonds is 4. The molecule has 144 valence electrons. The number of aromatic amines is 1. The summed E-state index contributed by atoms with van der Waals surface area (Å²) in [6.07, 6.45) is 6.14. The molecule has 1 amide bonds. The molecule has 3 heterocycles. The topological polar surface area (TPSA) is 57.7 Å². The second-order valence-corrected chi connectivity index (χ2v) is 7.37. The molecule has 1 N–H and O–H groups in total. The number of H-pyrrole nitrogens is 1. The quantitative estimate of drug-likeness (QED) is 0.869. The highest BCUT2D eigenvalue weighted by molar-refractivity contribution is 6.12. The molecule has 5 nitrogen and oxygen atoms in total. The third-order valence-electron chi connectivity index (χ3n) is 5.27. The van der Waals surface area contributed by atoms with Crippen molar-refractivity contribution in [3.05, 3.63) is 75.9 Å². The summed E-state index contributed by atoms with van der Waals surface area (Å²) in [6.45, 7) is 5.83. The third-order valence-corrected chi connectivity index (χ3v) is 5.27. The van der Waals surface area contributed by atoms with Crippen LogP contribution in [-0.4, -0.2) is 41.7 Å². The molecule has 0 saturated carbocycles. The molecule has 0 aliphatic carbocycles. The number of aromatic nitrogens is 1. The van der Waals surface area contributed by atoms with Crippen molar-refractivity contribution in [3.63, 3.8) is 0 Å². The Hall–Kier alpha value is -3.08. The number of aliphatic imine (C=N–C) groups is 1. The molecule has 4 rings (SSSR count). The number of ether oxygens (including phenoxy) is 1. The summed E-state index contributed by atoms with van der Waals surface area (Å²) in [4.78, 5) is 22.5. The van der Waals surface area contributed by atoms with Crippen LogP contribution in [0.1, 0.15) is 45.7 Å². The summed E-state index contributed by atoms with van der Waals surface area (Å²) in [5.41, 5.74) is 6.65. The molecule has 0 spiro atoms. The van der Waals surface area contributed by atoms with Crippen LogP contribution in [-0.2, 0) is 4.74 Å². The summed E-state index contributed by atoms with van der Waals surface area (Å²) in [5.74, 6) is 0.850. The van der Waals surface area contributed by atoms with E-state index in [0.29, 0.717) is 0 Å². The van der Waals surface area contributed by atoms with Gasteiger partial charge in [0.15, 0.2) is 0 Å². The number of carbonyl (C=O) groups excluding carboxylic acids is 1. The molecule has 0 atom stereocenters. The molecule has 28 heavy (non-hydrogen) atoms. The van der Waals surface area contributed by atoms with Crippen LogP contribution in [0.2, 0.25) is 0 Å². The minimum absolute atomic E-state index is 0.115. The van der Waals surface area contributed by atoms with Crippen molar-refractivity contribution in [2.45, 2.75) is 26.7 Å². The number of likely N-dealkylation sites (tertiary alicyclic amines) is 1.